The van der Waals surface area contributed by atoms with E-state index in [4.69, 9.17) is 0 Å². The van der Waals surface area contributed by atoms with Gasteiger partial charge in [-0.1, -0.05) is 0 Å². The highest BCUT2D eigenvalue weighted by atomic mass is 19.4. The first-order valence-corrected chi connectivity index (χ1v) is 14.6. The van der Waals surface area contributed by atoms with Gasteiger partial charge in [0.2, 0.25) is 17.7 Å². The maximum absolute atomic E-state index is 14.4. The molecule has 218 valence electrons. The Kier molecular flexibility index (Phi) is 6.77. The lowest BCUT2D eigenvalue weighted by atomic mass is 9.47. The van der Waals surface area contributed by atoms with Gasteiger partial charge in [-0.05, 0) is 94.3 Å². The van der Waals surface area contributed by atoms with Gasteiger partial charge in [-0.3, -0.25) is 19.2 Å². The van der Waals surface area contributed by atoms with Crippen molar-refractivity contribution in [1.29, 1.82) is 5.26 Å². The van der Waals surface area contributed by atoms with Crippen molar-refractivity contribution in [2.24, 2.45) is 35.0 Å². The average Bonchev–Trinajstić information content (AvgIpc) is 3.61. The number of likely N-dealkylation sites (tertiary alicyclic amines) is 1. The largest absolute Gasteiger partial charge is 0.471 e. The topological polar surface area (TPSA) is 131 Å². The molecule has 7 aliphatic rings. The molecule has 6 atom stereocenters. The molecule has 9 nitrogen and oxygen atoms in total. The Labute approximate surface area is 231 Å². The fourth-order valence-electron chi connectivity index (χ4n) is 9.57. The zero-order valence-corrected chi connectivity index (χ0v) is 22.3. The molecule has 0 aromatic rings. The molecule has 0 aromatic carbocycles. The van der Waals surface area contributed by atoms with Gasteiger partial charge >= 0.3 is 12.1 Å². The molecular weight excluding hydrogens is 527 g/mol. The molecule has 5 saturated carbocycles. The molecule has 40 heavy (non-hydrogen) atoms. The molecule has 0 unspecified atom stereocenters. The molecule has 2 heterocycles. The number of piperidine rings is 1. The van der Waals surface area contributed by atoms with Gasteiger partial charge in [0.25, 0.3) is 0 Å². The first-order chi connectivity index (χ1) is 19.0. The maximum Gasteiger partial charge on any atom is 0.471 e. The molecule has 7 rings (SSSR count). The van der Waals surface area contributed by atoms with Gasteiger partial charge in [0.1, 0.15) is 18.1 Å². The normalized spacial score (nSPS) is 39.0. The van der Waals surface area contributed by atoms with E-state index >= 15 is 0 Å². The lowest BCUT2D eigenvalue weighted by Gasteiger charge is -2.59. The predicted molar refractivity (Wildman–Crippen MR) is 134 cm³/mol. The van der Waals surface area contributed by atoms with Crippen molar-refractivity contribution in [1.82, 2.24) is 20.9 Å². The quantitative estimate of drug-likeness (QED) is 0.437. The van der Waals surface area contributed by atoms with E-state index in [0.29, 0.717) is 69.2 Å². The Balaban J connectivity index is 1.26. The van der Waals surface area contributed by atoms with Crippen LogP contribution in [0.2, 0.25) is 0 Å². The van der Waals surface area contributed by atoms with Crippen LogP contribution in [0.1, 0.15) is 70.6 Å². The zero-order valence-electron chi connectivity index (χ0n) is 22.3. The van der Waals surface area contributed by atoms with Crippen LogP contribution in [-0.2, 0) is 19.2 Å². The minimum Gasteiger partial charge on any atom is -0.356 e. The standard InChI is InChI=1S/C28H36F3N5O4/c29-28(30,31)26(40)35-22(27-10-14-5-15(11-27)7-16(6-14)12-27)25(39)36-20-2-1-17(9-20)21(36)24(38)34-19(13-32)8-18-3-4-33-23(18)37/h14-22H,1-12H2,(H,33,37)(H,34,38)(H,35,40)/t14?,15?,16?,17-,18-,19-,20+,21-,22+,27?/m0/s1. The average molecular weight is 564 g/mol. The van der Waals surface area contributed by atoms with Crippen LogP contribution in [-0.4, -0.2) is 65.4 Å². The highest BCUT2D eigenvalue weighted by Crippen LogP contribution is 2.62. The molecule has 7 fully saturated rings. The number of fused-ring (bicyclic) bond motifs is 2. The van der Waals surface area contributed by atoms with Crippen LogP contribution >= 0.6 is 0 Å². The molecular formula is C28H36F3N5O4. The van der Waals surface area contributed by atoms with Crippen molar-refractivity contribution in [3.63, 3.8) is 0 Å². The van der Waals surface area contributed by atoms with Gasteiger partial charge < -0.3 is 20.9 Å². The highest BCUT2D eigenvalue weighted by molar-refractivity contribution is 5.95. The molecule has 12 heteroatoms. The molecule has 3 N–H and O–H groups in total. The van der Waals surface area contributed by atoms with E-state index in [2.05, 4.69) is 16.0 Å². The van der Waals surface area contributed by atoms with Gasteiger partial charge in [-0.15, -0.1) is 0 Å². The van der Waals surface area contributed by atoms with Crippen LogP contribution < -0.4 is 16.0 Å². The lowest BCUT2D eigenvalue weighted by Crippen LogP contribution is -2.66. The summed E-state index contributed by atoms with van der Waals surface area (Å²) < 4.78 is 40.5. The fourth-order valence-corrected chi connectivity index (χ4v) is 9.57. The van der Waals surface area contributed by atoms with E-state index in [1.165, 1.54) is 4.90 Å². The Bertz CT molecular complexity index is 1100. The molecule has 4 amide bonds. The van der Waals surface area contributed by atoms with E-state index in [9.17, 15) is 37.6 Å². The van der Waals surface area contributed by atoms with E-state index in [-0.39, 0.29) is 30.2 Å². The monoisotopic (exact) mass is 563 g/mol. The summed E-state index contributed by atoms with van der Waals surface area (Å²) in [6, 6.07) is -1.44. The van der Waals surface area contributed by atoms with Crippen LogP contribution in [0.25, 0.3) is 0 Å². The van der Waals surface area contributed by atoms with E-state index in [1.807, 2.05) is 6.07 Å². The maximum atomic E-state index is 14.4. The summed E-state index contributed by atoms with van der Waals surface area (Å²) in [6.07, 6.45) is 2.35. The summed E-state index contributed by atoms with van der Waals surface area (Å²) in [5.41, 5.74) is -0.749. The predicted octanol–water partition coefficient (Wildman–Crippen LogP) is 2.16. The van der Waals surface area contributed by atoms with Crippen LogP contribution in [0.3, 0.4) is 0 Å². The van der Waals surface area contributed by atoms with Crippen molar-refractivity contribution in [3.8, 4) is 6.07 Å². The summed E-state index contributed by atoms with van der Waals surface area (Å²) in [5, 5.41) is 17.3. The number of carbonyl (C=O) groups is 4. The first-order valence-electron chi connectivity index (χ1n) is 14.6. The van der Waals surface area contributed by atoms with Crippen molar-refractivity contribution >= 4 is 23.6 Å². The van der Waals surface area contributed by atoms with Crippen molar-refractivity contribution < 1.29 is 32.3 Å². The van der Waals surface area contributed by atoms with E-state index in [0.717, 1.165) is 19.3 Å². The molecule has 2 saturated heterocycles. The van der Waals surface area contributed by atoms with Gasteiger partial charge in [0, 0.05) is 23.9 Å². The Morgan fingerprint density at radius 2 is 1.68 bits per heavy atom. The fraction of sp³-hybridized carbons (Fsp3) is 0.821. The van der Waals surface area contributed by atoms with Gasteiger partial charge in [0.05, 0.1) is 6.07 Å². The number of rotatable bonds is 7. The number of alkyl halides is 3. The van der Waals surface area contributed by atoms with Gasteiger partial charge in [-0.25, -0.2) is 0 Å². The number of carbonyl (C=O) groups excluding carboxylic acids is 4. The summed E-state index contributed by atoms with van der Waals surface area (Å²) in [5.74, 6) is -2.95. The molecule has 0 spiro atoms. The number of halogens is 3. The first kappa shape index (κ1) is 27.3. The molecule has 5 aliphatic carbocycles. The third-order valence-corrected chi connectivity index (χ3v) is 10.7. The van der Waals surface area contributed by atoms with Crippen LogP contribution in [0, 0.1) is 46.3 Å². The molecule has 0 radical (unpaired) electrons. The Hall–Kier alpha value is -2.84. The third-order valence-electron chi connectivity index (χ3n) is 10.7. The summed E-state index contributed by atoms with van der Waals surface area (Å²) in [4.78, 5) is 53.7. The van der Waals surface area contributed by atoms with Crippen LogP contribution in [0.4, 0.5) is 13.2 Å². The summed E-state index contributed by atoms with van der Waals surface area (Å²) >= 11 is 0. The molecule has 2 aliphatic heterocycles. The zero-order chi connectivity index (χ0) is 28.4. The summed E-state index contributed by atoms with van der Waals surface area (Å²) in [6.45, 7) is 0.514. The van der Waals surface area contributed by atoms with Crippen LogP contribution in [0.5, 0.6) is 0 Å². The van der Waals surface area contributed by atoms with Crippen LogP contribution in [0.15, 0.2) is 0 Å². The minimum atomic E-state index is -5.13. The second-order valence-corrected chi connectivity index (χ2v) is 13.3. The molecule has 0 aromatic heterocycles. The molecule has 6 bridgehead atoms. The van der Waals surface area contributed by atoms with Crippen molar-refractivity contribution in [2.75, 3.05) is 6.54 Å². The number of hydrogen-bond acceptors (Lipinski definition) is 5. The highest BCUT2D eigenvalue weighted by Gasteiger charge is 2.61. The lowest BCUT2D eigenvalue weighted by molar-refractivity contribution is -0.179. The summed E-state index contributed by atoms with van der Waals surface area (Å²) in [7, 11) is 0. The second kappa shape index (κ2) is 9.91. The van der Waals surface area contributed by atoms with E-state index in [1.54, 1.807) is 0 Å². The second-order valence-electron chi connectivity index (χ2n) is 13.3. The van der Waals surface area contributed by atoms with Gasteiger partial charge in [0.15, 0.2) is 0 Å². The van der Waals surface area contributed by atoms with Crippen molar-refractivity contribution in [2.45, 2.75) is 101 Å². The Morgan fingerprint density at radius 3 is 2.23 bits per heavy atom. The number of nitriles is 1. The smallest absolute Gasteiger partial charge is 0.356 e. The number of amides is 4. The third kappa shape index (κ3) is 4.73. The number of nitrogens with zero attached hydrogens (tertiary/aromatic N) is 2. The van der Waals surface area contributed by atoms with E-state index < -0.39 is 47.4 Å². The Morgan fingerprint density at radius 1 is 1.02 bits per heavy atom. The number of hydrogen-bond donors (Lipinski definition) is 3. The van der Waals surface area contributed by atoms with Crippen molar-refractivity contribution in [3.05, 3.63) is 0 Å². The number of nitrogens with one attached hydrogen (secondary N) is 3. The SMILES string of the molecule is N#C[C@H](C[C@@H]1CCNC1=O)NC(=O)[C@@H]1[C@H]2CC[C@H](C2)N1C(=O)[C@@H](NC(=O)C(F)(F)F)C12CC3CC(CC(C3)C1)C2. The van der Waals surface area contributed by atoms with Gasteiger partial charge in [-0.2, -0.15) is 18.4 Å². The minimum absolute atomic E-state index is 0.153.